The summed E-state index contributed by atoms with van der Waals surface area (Å²) in [5.41, 5.74) is 4.60. The molecule has 20 heavy (non-hydrogen) atoms. The second kappa shape index (κ2) is 6.54. The molecular formula is C14H21BrN2O3. The predicted molar refractivity (Wildman–Crippen MR) is 80.5 cm³/mol. The summed E-state index contributed by atoms with van der Waals surface area (Å²) in [7, 11) is 1.52. The number of amides is 1. The topological polar surface area (TPSA) is 85.4 Å². The lowest BCUT2D eigenvalue weighted by Gasteiger charge is -2.36. The van der Waals surface area contributed by atoms with E-state index in [1.54, 1.807) is 26.0 Å². The summed E-state index contributed by atoms with van der Waals surface area (Å²) in [5, 5.41) is 10.8. The molecule has 0 aliphatic heterocycles. The van der Waals surface area contributed by atoms with Gasteiger partial charge in [0.1, 0.15) is 4.60 Å². The molecule has 0 fully saturated rings. The lowest BCUT2D eigenvalue weighted by Crippen LogP contribution is -2.52. The van der Waals surface area contributed by atoms with Crippen molar-refractivity contribution in [3.8, 4) is 5.88 Å². The van der Waals surface area contributed by atoms with Crippen LogP contribution in [0.25, 0.3) is 0 Å². The Balaban J connectivity index is 3.38. The van der Waals surface area contributed by atoms with Gasteiger partial charge in [-0.05, 0) is 39.9 Å². The third-order valence-corrected chi connectivity index (χ3v) is 4.03. The van der Waals surface area contributed by atoms with E-state index in [2.05, 4.69) is 20.9 Å². The zero-order chi connectivity index (χ0) is 15.5. The van der Waals surface area contributed by atoms with E-state index in [0.29, 0.717) is 16.9 Å². The zero-order valence-corrected chi connectivity index (χ0v) is 13.8. The van der Waals surface area contributed by atoms with E-state index in [-0.39, 0.29) is 5.92 Å². The number of ether oxygens (including phenoxy) is 1. The molecule has 0 radical (unpaired) electrons. The number of rotatable bonds is 6. The molecule has 0 aliphatic carbocycles. The summed E-state index contributed by atoms with van der Waals surface area (Å²) in [6.07, 6.45) is 0.567. The van der Waals surface area contributed by atoms with Crippen molar-refractivity contribution in [3.63, 3.8) is 0 Å². The minimum absolute atomic E-state index is 0.303. The van der Waals surface area contributed by atoms with Crippen molar-refractivity contribution in [2.24, 2.45) is 11.7 Å². The minimum atomic E-state index is -1.61. The molecule has 1 aromatic rings. The van der Waals surface area contributed by atoms with Crippen molar-refractivity contribution in [2.75, 3.05) is 7.11 Å². The van der Waals surface area contributed by atoms with Crippen molar-refractivity contribution < 1.29 is 14.6 Å². The number of hydrogen-bond donors (Lipinski definition) is 2. The van der Waals surface area contributed by atoms with Gasteiger partial charge in [-0.1, -0.05) is 20.8 Å². The van der Waals surface area contributed by atoms with E-state index in [1.165, 1.54) is 7.11 Å². The van der Waals surface area contributed by atoms with Crippen molar-refractivity contribution in [1.82, 2.24) is 4.98 Å². The number of halogens is 1. The van der Waals surface area contributed by atoms with Crippen LogP contribution in [0, 0.1) is 5.92 Å². The Kier molecular flexibility index (Phi) is 5.53. The molecular weight excluding hydrogens is 324 g/mol. The SMILES string of the molecule is CCC(c1cc(Br)nc(OC)c1)C(O)(C(N)=O)C(C)C. The van der Waals surface area contributed by atoms with Gasteiger partial charge in [-0.2, -0.15) is 0 Å². The third kappa shape index (κ3) is 3.12. The van der Waals surface area contributed by atoms with Crippen LogP contribution in [0.5, 0.6) is 5.88 Å². The van der Waals surface area contributed by atoms with E-state index in [4.69, 9.17) is 10.5 Å². The smallest absolute Gasteiger partial charge is 0.250 e. The highest BCUT2D eigenvalue weighted by Crippen LogP contribution is 2.38. The fourth-order valence-electron chi connectivity index (χ4n) is 2.46. The van der Waals surface area contributed by atoms with Crippen molar-refractivity contribution >= 4 is 21.8 Å². The Morgan fingerprint density at radius 2 is 2.15 bits per heavy atom. The highest BCUT2D eigenvalue weighted by Gasteiger charge is 2.45. The normalized spacial score (nSPS) is 15.8. The summed E-state index contributed by atoms with van der Waals surface area (Å²) in [5.74, 6) is -1.02. The second-order valence-corrected chi connectivity index (χ2v) is 5.88. The van der Waals surface area contributed by atoms with Gasteiger partial charge in [0.05, 0.1) is 7.11 Å². The van der Waals surface area contributed by atoms with Crippen LogP contribution >= 0.6 is 15.9 Å². The van der Waals surface area contributed by atoms with Crippen LogP contribution in [0.1, 0.15) is 38.7 Å². The van der Waals surface area contributed by atoms with Gasteiger partial charge in [-0.3, -0.25) is 4.79 Å². The molecule has 0 aliphatic rings. The van der Waals surface area contributed by atoms with Crippen LogP contribution in [0.2, 0.25) is 0 Å². The van der Waals surface area contributed by atoms with Crippen LogP contribution < -0.4 is 10.5 Å². The van der Waals surface area contributed by atoms with Gasteiger partial charge in [-0.25, -0.2) is 4.98 Å². The molecule has 0 bridgehead atoms. The quantitative estimate of drug-likeness (QED) is 0.774. The predicted octanol–water partition coefficient (Wildman–Crippen LogP) is 2.22. The number of carbonyl (C=O) groups is 1. The first-order chi connectivity index (χ1) is 9.27. The van der Waals surface area contributed by atoms with Crippen molar-refractivity contribution in [2.45, 2.75) is 38.7 Å². The summed E-state index contributed by atoms with van der Waals surface area (Å²) in [4.78, 5) is 15.9. The van der Waals surface area contributed by atoms with Crippen molar-refractivity contribution in [1.29, 1.82) is 0 Å². The number of primary amides is 1. The van der Waals surface area contributed by atoms with E-state index < -0.39 is 17.4 Å². The Morgan fingerprint density at radius 1 is 1.55 bits per heavy atom. The average molecular weight is 345 g/mol. The highest BCUT2D eigenvalue weighted by atomic mass is 79.9. The number of methoxy groups -OCH3 is 1. The maximum absolute atomic E-state index is 11.8. The number of nitrogens with zero attached hydrogens (tertiary/aromatic N) is 1. The zero-order valence-electron chi connectivity index (χ0n) is 12.2. The third-order valence-electron chi connectivity index (χ3n) is 3.62. The first kappa shape index (κ1) is 16.9. The molecule has 2 unspecified atom stereocenters. The molecule has 1 heterocycles. The number of aromatic nitrogens is 1. The summed E-state index contributed by atoms with van der Waals surface area (Å²) >= 11 is 3.30. The van der Waals surface area contributed by atoms with Gasteiger partial charge in [0, 0.05) is 12.0 Å². The summed E-state index contributed by atoms with van der Waals surface area (Å²) < 4.78 is 5.71. The molecule has 1 aromatic heterocycles. The second-order valence-electron chi connectivity index (χ2n) is 5.07. The van der Waals surface area contributed by atoms with Crippen LogP contribution in [0.15, 0.2) is 16.7 Å². The first-order valence-corrected chi connectivity index (χ1v) is 7.30. The van der Waals surface area contributed by atoms with Gasteiger partial charge in [-0.15, -0.1) is 0 Å². The van der Waals surface area contributed by atoms with Crippen LogP contribution in [0.3, 0.4) is 0 Å². The molecule has 0 saturated heterocycles. The summed E-state index contributed by atoms with van der Waals surface area (Å²) in [6.45, 7) is 5.46. The highest BCUT2D eigenvalue weighted by molar-refractivity contribution is 9.10. The summed E-state index contributed by atoms with van der Waals surface area (Å²) in [6, 6.07) is 3.49. The Bertz CT molecular complexity index is 493. The van der Waals surface area contributed by atoms with Gasteiger partial charge in [0.2, 0.25) is 11.8 Å². The first-order valence-electron chi connectivity index (χ1n) is 6.51. The fourth-order valence-corrected chi connectivity index (χ4v) is 2.90. The molecule has 0 saturated carbocycles. The molecule has 0 spiro atoms. The molecule has 6 heteroatoms. The van der Waals surface area contributed by atoms with E-state index in [1.807, 2.05) is 6.92 Å². The lowest BCUT2D eigenvalue weighted by molar-refractivity contribution is -0.144. The molecule has 2 atom stereocenters. The molecule has 3 N–H and O–H groups in total. The maximum Gasteiger partial charge on any atom is 0.250 e. The average Bonchev–Trinajstić information content (AvgIpc) is 2.38. The monoisotopic (exact) mass is 344 g/mol. The fraction of sp³-hybridized carbons (Fsp3) is 0.571. The number of nitrogens with two attached hydrogens (primary N) is 1. The molecule has 1 rings (SSSR count). The molecule has 5 nitrogen and oxygen atoms in total. The Hall–Kier alpha value is -1.14. The molecule has 112 valence electrons. The van der Waals surface area contributed by atoms with Gasteiger partial charge in [0.25, 0.3) is 0 Å². The van der Waals surface area contributed by atoms with Crippen LogP contribution in [0.4, 0.5) is 0 Å². The molecule has 1 amide bonds. The number of carbonyl (C=O) groups excluding carboxylic acids is 1. The van der Waals surface area contributed by atoms with Gasteiger partial charge >= 0.3 is 0 Å². The lowest BCUT2D eigenvalue weighted by atomic mass is 9.73. The van der Waals surface area contributed by atoms with E-state index in [9.17, 15) is 9.90 Å². The van der Waals surface area contributed by atoms with E-state index >= 15 is 0 Å². The molecule has 0 aromatic carbocycles. The van der Waals surface area contributed by atoms with Gasteiger partial charge < -0.3 is 15.6 Å². The largest absolute Gasteiger partial charge is 0.481 e. The standard InChI is InChI=1S/C14H21BrN2O3/c1-5-10(14(19,8(2)3)13(16)18)9-6-11(15)17-12(7-9)20-4/h6-8,10,19H,5H2,1-4H3,(H2,16,18). The van der Waals surface area contributed by atoms with Crippen LogP contribution in [-0.2, 0) is 4.79 Å². The minimum Gasteiger partial charge on any atom is -0.481 e. The number of aliphatic hydroxyl groups is 1. The maximum atomic E-state index is 11.8. The number of hydrogen-bond acceptors (Lipinski definition) is 4. The Labute approximate surface area is 127 Å². The van der Waals surface area contributed by atoms with E-state index in [0.717, 1.165) is 5.56 Å². The number of pyridine rings is 1. The van der Waals surface area contributed by atoms with Gasteiger partial charge in [0.15, 0.2) is 5.60 Å². The Morgan fingerprint density at radius 3 is 2.55 bits per heavy atom. The van der Waals surface area contributed by atoms with Crippen molar-refractivity contribution in [3.05, 3.63) is 22.3 Å². The van der Waals surface area contributed by atoms with Crippen LogP contribution in [-0.4, -0.2) is 28.7 Å².